The molecule has 1 unspecified atom stereocenters. The Kier molecular flexibility index (Phi) is 5.98. The molecule has 132 valence electrons. The fourth-order valence-corrected chi connectivity index (χ4v) is 5.84. The second kappa shape index (κ2) is 8.98. The first-order chi connectivity index (χ1) is 13.4. The summed E-state index contributed by atoms with van der Waals surface area (Å²) in [5.74, 6) is 1.04. The van der Waals surface area contributed by atoms with Crippen molar-refractivity contribution in [3.63, 3.8) is 0 Å². The predicted octanol–water partition coefficient (Wildman–Crippen LogP) is 7.07. The standard InChI is InChI=1S/C25H21S2/c1-4-10-21(11-5-1)20-27(24-14-8-3-9-15-24)25-18-16-23(17-19-25)26-22-12-6-2-7-13-22/h1-19H,20H2/q+1. The molecule has 4 aromatic rings. The van der Waals surface area contributed by atoms with Gasteiger partial charge in [0.05, 0.1) is 10.9 Å². The molecule has 0 heterocycles. The fraction of sp³-hybridized carbons (Fsp3) is 0.0400. The minimum atomic E-state index is 0.0338. The molecule has 4 rings (SSSR count). The molecule has 27 heavy (non-hydrogen) atoms. The van der Waals surface area contributed by atoms with Crippen molar-refractivity contribution < 1.29 is 0 Å². The van der Waals surface area contributed by atoms with Gasteiger partial charge in [0.15, 0.2) is 9.79 Å². The lowest BCUT2D eigenvalue weighted by atomic mass is 10.2. The Morgan fingerprint density at radius 1 is 0.481 bits per heavy atom. The van der Waals surface area contributed by atoms with Gasteiger partial charge in [-0.25, -0.2) is 0 Å². The van der Waals surface area contributed by atoms with Gasteiger partial charge in [0, 0.05) is 15.4 Å². The monoisotopic (exact) mass is 385 g/mol. The van der Waals surface area contributed by atoms with E-state index in [-0.39, 0.29) is 10.9 Å². The molecule has 0 amide bonds. The van der Waals surface area contributed by atoms with E-state index in [1.807, 2.05) is 11.8 Å². The van der Waals surface area contributed by atoms with Crippen molar-refractivity contribution in [2.45, 2.75) is 25.3 Å². The molecule has 0 nitrogen and oxygen atoms in total. The second-order valence-electron chi connectivity index (χ2n) is 6.22. The van der Waals surface area contributed by atoms with E-state index < -0.39 is 0 Å². The van der Waals surface area contributed by atoms with Crippen LogP contribution in [0.5, 0.6) is 0 Å². The van der Waals surface area contributed by atoms with Crippen LogP contribution in [0.15, 0.2) is 135 Å². The Balaban J connectivity index is 1.60. The molecule has 4 aromatic carbocycles. The molecule has 0 saturated carbocycles. The summed E-state index contributed by atoms with van der Waals surface area (Å²) in [6, 6.07) is 41.3. The Labute approximate surface area is 168 Å². The number of rotatable bonds is 6. The minimum Gasteiger partial charge on any atom is -0.0901 e. The van der Waals surface area contributed by atoms with Crippen LogP contribution in [0.1, 0.15) is 5.56 Å². The van der Waals surface area contributed by atoms with Crippen LogP contribution >= 0.6 is 11.8 Å². The maximum absolute atomic E-state index is 2.30. The topological polar surface area (TPSA) is 0 Å². The minimum absolute atomic E-state index is 0.0338. The zero-order valence-corrected chi connectivity index (χ0v) is 16.6. The average molecular weight is 386 g/mol. The van der Waals surface area contributed by atoms with Gasteiger partial charge >= 0.3 is 0 Å². The van der Waals surface area contributed by atoms with Gasteiger partial charge < -0.3 is 0 Å². The van der Waals surface area contributed by atoms with Crippen LogP contribution in [0.4, 0.5) is 0 Å². The van der Waals surface area contributed by atoms with Crippen molar-refractivity contribution in [1.82, 2.24) is 0 Å². The summed E-state index contributed by atoms with van der Waals surface area (Å²) in [5, 5.41) is 0. The van der Waals surface area contributed by atoms with Crippen molar-refractivity contribution in [2.24, 2.45) is 0 Å². The van der Waals surface area contributed by atoms with Crippen molar-refractivity contribution in [3.05, 3.63) is 121 Å². The molecule has 0 N–H and O–H groups in total. The average Bonchev–Trinajstić information content (AvgIpc) is 2.75. The number of hydrogen-bond acceptors (Lipinski definition) is 1. The summed E-state index contributed by atoms with van der Waals surface area (Å²) in [5.41, 5.74) is 1.38. The molecule has 0 aliphatic rings. The van der Waals surface area contributed by atoms with Crippen LogP contribution in [0.2, 0.25) is 0 Å². The lowest BCUT2D eigenvalue weighted by molar-refractivity contribution is 1.28. The van der Waals surface area contributed by atoms with Crippen molar-refractivity contribution in [3.8, 4) is 0 Å². The first kappa shape index (κ1) is 18.0. The smallest absolute Gasteiger partial charge is 0.0901 e. The molecule has 0 aliphatic carbocycles. The highest BCUT2D eigenvalue weighted by Gasteiger charge is 2.25. The van der Waals surface area contributed by atoms with Crippen molar-refractivity contribution in [2.75, 3.05) is 0 Å². The summed E-state index contributed by atoms with van der Waals surface area (Å²) < 4.78 is 0. The van der Waals surface area contributed by atoms with Crippen LogP contribution in [0.25, 0.3) is 0 Å². The molecule has 0 radical (unpaired) electrons. The molecule has 2 heteroatoms. The maximum atomic E-state index is 2.30. The quantitative estimate of drug-likeness (QED) is 0.320. The third-order valence-electron chi connectivity index (χ3n) is 4.27. The summed E-state index contributed by atoms with van der Waals surface area (Å²) >= 11 is 1.81. The van der Waals surface area contributed by atoms with E-state index in [1.54, 1.807) is 0 Å². The van der Waals surface area contributed by atoms with E-state index >= 15 is 0 Å². The maximum Gasteiger partial charge on any atom is 0.161 e. The molecule has 0 bridgehead atoms. The van der Waals surface area contributed by atoms with Crippen LogP contribution in [0.3, 0.4) is 0 Å². The Hall–Kier alpha value is -2.42. The first-order valence-electron chi connectivity index (χ1n) is 9.01. The third kappa shape index (κ3) is 4.85. The van der Waals surface area contributed by atoms with Gasteiger partial charge in [0.25, 0.3) is 0 Å². The third-order valence-corrected chi connectivity index (χ3v) is 7.59. The molecule has 0 spiro atoms. The lowest BCUT2D eigenvalue weighted by Gasteiger charge is -2.09. The highest BCUT2D eigenvalue weighted by atomic mass is 32.2. The normalized spacial score (nSPS) is 11.9. The highest BCUT2D eigenvalue weighted by molar-refractivity contribution is 7.99. The van der Waals surface area contributed by atoms with Crippen molar-refractivity contribution in [1.29, 1.82) is 0 Å². The summed E-state index contributed by atoms with van der Waals surface area (Å²) in [6.07, 6.45) is 0. The van der Waals surface area contributed by atoms with Gasteiger partial charge in [-0.05, 0) is 48.5 Å². The Morgan fingerprint density at radius 2 is 0.963 bits per heavy atom. The van der Waals surface area contributed by atoms with Crippen molar-refractivity contribution >= 4 is 22.7 Å². The fourth-order valence-electron chi connectivity index (χ4n) is 2.92. The molecule has 0 aliphatic heterocycles. The van der Waals surface area contributed by atoms with Gasteiger partial charge in [-0.15, -0.1) is 0 Å². The lowest BCUT2D eigenvalue weighted by Crippen LogP contribution is -2.07. The zero-order valence-electron chi connectivity index (χ0n) is 15.0. The molecule has 1 atom stereocenters. The summed E-state index contributed by atoms with van der Waals surface area (Å²) in [4.78, 5) is 5.34. The van der Waals surface area contributed by atoms with E-state index in [1.165, 1.54) is 25.1 Å². The van der Waals surface area contributed by atoms with Crippen LogP contribution in [0, 0.1) is 0 Å². The summed E-state index contributed by atoms with van der Waals surface area (Å²) in [6.45, 7) is 0. The number of benzene rings is 4. The molecular formula is C25H21S2+. The molecule has 0 aromatic heterocycles. The highest BCUT2D eigenvalue weighted by Crippen LogP contribution is 2.31. The zero-order chi connectivity index (χ0) is 18.3. The second-order valence-corrected chi connectivity index (χ2v) is 9.38. The van der Waals surface area contributed by atoms with Crippen LogP contribution in [-0.4, -0.2) is 0 Å². The molecule has 0 fully saturated rings. The van der Waals surface area contributed by atoms with Gasteiger partial charge in [-0.1, -0.05) is 78.5 Å². The predicted molar refractivity (Wildman–Crippen MR) is 117 cm³/mol. The van der Waals surface area contributed by atoms with Gasteiger partial charge in [-0.2, -0.15) is 0 Å². The largest absolute Gasteiger partial charge is 0.161 e. The first-order valence-corrected chi connectivity index (χ1v) is 11.2. The van der Waals surface area contributed by atoms with E-state index in [2.05, 4.69) is 115 Å². The van der Waals surface area contributed by atoms with E-state index in [9.17, 15) is 0 Å². The van der Waals surface area contributed by atoms with Crippen LogP contribution < -0.4 is 0 Å². The van der Waals surface area contributed by atoms with E-state index in [0.717, 1.165) is 5.75 Å². The Morgan fingerprint density at radius 3 is 1.59 bits per heavy atom. The number of hydrogen-bond donors (Lipinski definition) is 0. The van der Waals surface area contributed by atoms with Gasteiger partial charge in [-0.3, -0.25) is 0 Å². The molecule has 0 saturated heterocycles. The summed E-state index contributed by atoms with van der Waals surface area (Å²) in [7, 11) is 0.0338. The van der Waals surface area contributed by atoms with Gasteiger partial charge in [0.1, 0.15) is 5.75 Å². The van der Waals surface area contributed by atoms with Crippen LogP contribution in [-0.2, 0) is 16.6 Å². The van der Waals surface area contributed by atoms with E-state index in [4.69, 9.17) is 0 Å². The molecular weight excluding hydrogens is 364 g/mol. The SMILES string of the molecule is c1ccc(C[S+](c2ccccc2)c2ccc(Sc3ccccc3)cc2)cc1. The van der Waals surface area contributed by atoms with Gasteiger partial charge in [0.2, 0.25) is 0 Å². The van der Waals surface area contributed by atoms with E-state index in [0.29, 0.717) is 0 Å². The Bertz CT molecular complexity index is 949.